The highest BCUT2D eigenvalue weighted by molar-refractivity contribution is 9.10. The summed E-state index contributed by atoms with van der Waals surface area (Å²) in [6, 6.07) is 20.6. The number of ether oxygens (including phenoxy) is 1. The van der Waals surface area contributed by atoms with Crippen molar-refractivity contribution in [3.8, 4) is 11.8 Å². The summed E-state index contributed by atoms with van der Waals surface area (Å²) in [5, 5.41) is 14.3. The fourth-order valence-electron chi connectivity index (χ4n) is 3.53. The number of nitriles is 1. The molecule has 8 heteroatoms. The molecule has 176 valence electrons. The van der Waals surface area contributed by atoms with Gasteiger partial charge in [-0.25, -0.2) is 4.98 Å². The molecule has 0 bridgehead atoms. The van der Waals surface area contributed by atoms with Crippen LogP contribution in [0.1, 0.15) is 48.7 Å². The summed E-state index contributed by atoms with van der Waals surface area (Å²) in [7, 11) is 0. The maximum atomic E-state index is 13.3. The first kappa shape index (κ1) is 24.8. The second kappa shape index (κ2) is 11.0. The molecule has 0 amide bonds. The molecule has 4 rings (SSSR count). The number of aromatic nitrogens is 2. The number of hydrogen-bond donors (Lipinski definition) is 0. The van der Waals surface area contributed by atoms with Crippen molar-refractivity contribution in [2.45, 2.75) is 32.8 Å². The molecule has 0 fully saturated rings. The molecule has 1 atom stereocenters. The maximum Gasteiger partial charge on any atom is 0.282 e. The van der Waals surface area contributed by atoms with Crippen LogP contribution in [0.5, 0.6) is 5.75 Å². The molecule has 4 aromatic rings. The van der Waals surface area contributed by atoms with E-state index in [9.17, 15) is 10.1 Å². The van der Waals surface area contributed by atoms with Crippen LogP contribution in [0.4, 0.5) is 0 Å². The average molecular weight is 594 g/mol. The molecule has 0 unspecified atom stereocenters. The zero-order valence-corrected chi connectivity index (χ0v) is 22.4. The molecule has 6 nitrogen and oxygen atoms in total. The van der Waals surface area contributed by atoms with Crippen LogP contribution < -0.4 is 10.3 Å². The smallest absolute Gasteiger partial charge is 0.282 e. The van der Waals surface area contributed by atoms with Gasteiger partial charge in [0, 0.05) is 16.0 Å². The Kier molecular flexibility index (Phi) is 7.79. The molecule has 0 aliphatic rings. The van der Waals surface area contributed by atoms with E-state index in [1.807, 2.05) is 55.5 Å². The lowest BCUT2D eigenvalue weighted by Gasteiger charge is -2.14. The van der Waals surface area contributed by atoms with Crippen LogP contribution in [0.3, 0.4) is 0 Å². The number of halogens is 2. The van der Waals surface area contributed by atoms with Gasteiger partial charge in [-0.3, -0.25) is 4.79 Å². The second-order valence-electron chi connectivity index (χ2n) is 8.05. The molecule has 0 saturated heterocycles. The molecule has 1 aromatic heterocycles. The van der Waals surface area contributed by atoms with Crippen LogP contribution >= 0.6 is 31.9 Å². The van der Waals surface area contributed by atoms with Crippen LogP contribution in [-0.2, 0) is 6.61 Å². The van der Waals surface area contributed by atoms with E-state index in [-0.39, 0.29) is 18.1 Å². The van der Waals surface area contributed by atoms with Crippen LogP contribution in [-0.4, -0.2) is 15.9 Å². The predicted octanol–water partition coefficient (Wildman–Crippen LogP) is 6.77. The van der Waals surface area contributed by atoms with Gasteiger partial charge in [0.05, 0.1) is 33.2 Å². The van der Waals surface area contributed by atoms with Gasteiger partial charge in [-0.1, -0.05) is 48.0 Å². The molecule has 0 aliphatic carbocycles. The van der Waals surface area contributed by atoms with Crippen molar-refractivity contribution in [2.75, 3.05) is 0 Å². The lowest BCUT2D eigenvalue weighted by Crippen LogP contribution is -2.23. The van der Waals surface area contributed by atoms with E-state index >= 15 is 0 Å². The highest BCUT2D eigenvalue weighted by atomic mass is 79.9. The molecule has 0 radical (unpaired) electrons. The van der Waals surface area contributed by atoms with E-state index in [4.69, 9.17) is 9.72 Å². The summed E-state index contributed by atoms with van der Waals surface area (Å²) in [5.41, 5.74) is 2.64. The standard InChI is InChI=1S/C27H22Br2N4O2/c1-3-17(2)26-32-24-10-9-21(28)13-22(24)27(34)33(26)31-15-18-8-11-25(23(29)12-18)35-16-20-7-5-4-6-19(20)14-30/h4-13,15,17H,3,16H2,1-2H3/t17-/m0/s1. The summed E-state index contributed by atoms with van der Waals surface area (Å²) in [6.45, 7) is 4.37. The summed E-state index contributed by atoms with van der Waals surface area (Å²) in [6.07, 6.45) is 2.47. The molecular weight excluding hydrogens is 572 g/mol. The first-order chi connectivity index (χ1) is 16.9. The quantitative estimate of drug-likeness (QED) is 0.222. The fourth-order valence-corrected chi connectivity index (χ4v) is 4.40. The van der Waals surface area contributed by atoms with Crippen LogP contribution in [0.25, 0.3) is 10.9 Å². The summed E-state index contributed by atoms with van der Waals surface area (Å²) in [5.74, 6) is 1.33. The number of rotatable bonds is 7. The molecule has 0 saturated carbocycles. The first-order valence-electron chi connectivity index (χ1n) is 11.1. The van der Waals surface area contributed by atoms with Gasteiger partial charge in [0.25, 0.3) is 5.56 Å². The van der Waals surface area contributed by atoms with Crippen LogP contribution in [0.2, 0.25) is 0 Å². The average Bonchev–Trinajstić information content (AvgIpc) is 2.87. The highest BCUT2D eigenvalue weighted by Crippen LogP contribution is 2.27. The minimum absolute atomic E-state index is 0.0618. The normalized spacial score (nSPS) is 12.1. The Bertz CT molecular complexity index is 1520. The SMILES string of the molecule is CC[C@H](C)c1nc2ccc(Br)cc2c(=O)n1N=Cc1ccc(OCc2ccccc2C#N)c(Br)c1. The summed E-state index contributed by atoms with van der Waals surface area (Å²) in [4.78, 5) is 18.0. The Morgan fingerprint density at radius 1 is 1.17 bits per heavy atom. The van der Waals surface area contributed by atoms with E-state index in [1.54, 1.807) is 18.3 Å². The van der Waals surface area contributed by atoms with Crippen LogP contribution in [0, 0.1) is 11.3 Å². The largest absolute Gasteiger partial charge is 0.488 e. The Morgan fingerprint density at radius 3 is 2.71 bits per heavy atom. The van der Waals surface area contributed by atoms with Gasteiger partial charge in [0.15, 0.2) is 0 Å². The monoisotopic (exact) mass is 592 g/mol. The lowest BCUT2D eigenvalue weighted by molar-refractivity contribution is 0.304. The summed E-state index contributed by atoms with van der Waals surface area (Å²) < 4.78 is 8.86. The van der Waals surface area contributed by atoms with E-state index in [0.717, 1.165) is 26.5 Å². The van der Waals surface area contributed by atoms with Gasteiger partial charge in [-0.15, -0.1) is 0 Å². The van der Waals surface area contributed by atoms with Gasteiger partial charge in [0.2, 0.25) is 0 Å². The zero-order valence-electron chi connectivity index (χ0n) is 19.2. The number of benzene rings is 3. The molecular formula is C27H22Br2N4O2. The van der Waals surface area contributed by atoms with E-state index in [2.05, 4.69) is 50.0 Å². The Labute approximate surface area is 220 Å². The van der Waals surface area contributed by atoms with Crippen molar-refractivity contribution in [3.05, 3.63) is 102 Å². The van der Waals surface area contributed by atoms with Crippen molar-refractivity contribution in [2.24, 2.45) is 5.10 Å². The van der Waals surface area contributed by atoms with E-state index < -0.39 is 0 Å². The van der Waals surface area contributed by atoms with E-state index in [0.29, 0.717) is 28.0 Å². The second-order valence-corrected chi connectivity index (χ2v) is 9.82. The van der Waals surface area contributed by atoms with Gasteiger partial charge in [-0.2, -0.15) is 15.0 Å². The van der Waals surface area contributed by atoms with Crippen molar-refractivity contribution in [1.82, 2.24) is 9.66 Å². The van der Waals surface area contributed by atoms with E-state index in [1.165, 1.54) is 4.68 Å². The topological polar surface area (TPSA) is 80.3 Å². The van der Waals surface area contributed by atoms with Crippen LogP contribution in [0.15, 0.2) is 79.5 Å². The summed E-state index contributed by atoms with van der Waals surface area (Å²) >= 11 is 6.98. The molecule has 0 aliphatic heterocycles. The fraction of sp³-hybridized carbons (Fsp3) is 0.185. The number of hydrogen-bond acceptors (Lipinski definition) is 5. The maximum absolute atomic E-state index is 13.3. The first-order valence-corrected chi connectivity index (χ1v) is 12.7. The minimum atomic E-state index is -0.210. The zero-order chi connectivity index (χ0) is 24.9. The molecule has 0 spiro atoms. The number of nitrogens with zero attached hydrogens (tertiary/aromatic N) is 4. The highest BCUT2D eigenvalue weighted by Gasteiger charge is 2.15. The Hall–Kier alpha value is -3.28. The van der Waals surface area contributed by atoms with Crippen molar-refractivity contribution in [3.63, 3.8) is 0 Å². The van der Waals surface area contributed by atoms with Gasteiger partial charge in [-0.05, 0) is 70.4 Å². The molecule has 35 heavy (non-hydrogen) atoms. The van der Waals surface area contributed by atoms with Crippen molar-refractivity contribution >= 4 is 49.0 Å². The lowest BCUT2D eigenvalue weighted by atomic mass is 10.1. The van der Waals surface area contributed by atoms with Gasteiger partial charge >= 0.3 is 0 Å². The molecule has 0 N–H and O–H groups in total. The van der Waals surface area contributed by atoms with Gasteiger partial charge in [0.1, 0.15) is 18.2 Å². The third kappa shape index (κ3) is 5.53. The minimum Gasteiger partial charge on any atom is -0.488 e. The Balaban J connectivity index is 1.63. The molecule has 3 aromatic carbocycles. The van der Waals surface area contributed by atoms with Crippen molar-refractivity contribution in [1.29, 1.82) is 5.26 Å². The Morgan fingerprint density at radius 2 is 1.97 bits per heavy atom. The van der Waals surface area contributed by atoms with Gasteiger partial charge < -0.3 is 4.74 Å². The number of fused-ring (bicyclic) bond motifs is 1. The van der Waals surface area contributed by atoms with Crippen molar-refractivity contribution < 1.29 is 4.74 Å². The molecule has 1 heterocycles. The third-order valence-electron chi connectivity index (χ3n) is 5.69. The third-order valence-corrected chi connectivity index (χ3v) is 6.80. The predicted molar refractivity (Wildman–Crippen MR) is 145 cm³/mol.